The Morgan fingerprint density at radius 3 is 2.19 bits per heavy atom. The van der Waals surface area contributed by atoms with E-state index in [2.05, 4.69) is 0 Å². The van der Waals surface area contributed by atoms with Crippen LogP contribution in [0.15, 0.2) is 0 Å². The van der Waals surface area contributed by atoms with Gasteiger partial charge in [-0.05, 0) is 0 Å². The third-order valence-electron chi connectivity index (χ3n) is 3.68. The second-order valence-electron chi connectivity index (χ2n) is 5.11. The number of aliphatic hydroxyl groups excluding tert-OH is 7. The smallest absolute Gasteiger partial charge is 0.224 e. The number of hydrogen-bond acceptors (Lipinski definition) is 10. The summed E-state index contributed by atoms with van der Waals surface area (Å²) in [6.45, 7) is -1.86. The molecule has 2 aliphatic rings. The SMILES string of the molecule is OC[C@H]1O[C@@](CO)(O[C@H]2OC[C@H](O)[C@@H](O)[C@@H]2O)[C@@H](O)[C@@H]1O. The maximum atomic E-state index is 9.92. The fourth-order valence-electron chi connectivity index (χ4n) is 2.35. The quantitative estimate of drug-likeness (QED) is 0.267. The summed E-state index contributed by atoms with van der Waals surface area (Å²) >= 11 is 0. The van der Waals surface area contributed by atoms with Crippen LogP contribution >= 0.6 is 0 Å². The molecule has 2 heterocycles. The van der Waals surface area contributed by atoms with Crippen LogP contribution in [0.1, 0.15) is 0 Å². The van der Waals surface area contributed by atoms with Crippen molar-refractivity contribution in [3.63, 3.8) is 0 Å². The average Bonchev–Trinajstić information content (AvgIpc) is 2.73. The average molecular weight is 312 g/mol. The molecule has 0 bridgehead atoms. The van der Waals surface area contributed by atoms with E-state index in [0.717, 1.165) is 0 Å². The van der Waals surface area contributed by atoms with E-state index in [9.17, 15) is 30.6 Å². The van der Waals surface area contributed by atoms with Crippen LogP contribution in [-0.2, 0) is 14.2 Å². The molecule has 0 aromatic rings. The Bertz CT molecular complexity index is 354. The first-order valence-electron chi connectivity index (χ1n) is 6.45. The van der Waals surface area contributed by atoms with E-state index >= 15 is 0 Å². The van der Waals surface area contributed by atoms with Crippen LogP contribution in [-0.4, -0.2) is 104 Å². The second kappa shape index (κ2) is 6.38. The Hall–Kier alpha value is -0.400. The zero-order chi connectivity index (χ0) is 15.8. The van der Waals surface area contributed by atoms with Gasteiger partial charge in [0.2, 0.25) is 5.79 Å². The van der Waals surface area contributed by atoms with Crippen LogP contribution in [0.5, 0.6) is 0 Å². The fourth-order valence-corrected chi connectivity index (χ4v) is 2.35. The molecule has 2 saturated heterocycles. The highest BCUT2D eigenvalue weighted by Crippen LogP contribution is 2.35. The zero-order valence-corrected chi connectivity index (χ0v) is 11.0. The Labute approximate surface area is 119 Å². The fraction of sp³-hybridized carbons (Fsp3) is 1.00. The first-order valence-corrected chi connectivity index (χ1v) is 6.45. The van der Waals surface area contributed by atoms with Gasteiger partial charge in [0.1, 0.15) is 43.2 Å². The van der Waals surface area contributed by atoms with Crippen LogP contribution in [0.4, 0.5) is 0 Å². The van der Waals surface area contributed by atoms with Crippen LogP contribution < -0.4 is 0 Å². The van der Waals surface area contributed by atoms with Gasteiger partial charge in [-0.15, -0.1) is 0 Å². The van der Waals surface area contributed by atoms with Crippen LogP contribution in [0.2, 0.25) is 0 Å². The molecule has 7 N–H and O–H groups in total. The van der Waals surface area contributed by atoms with Crippen molar-refractivity contribution in [3.05, 3.63) is 0 Å². The summed E-state index contributed by atoms with van der Waals surface area (Å²) < 4.78 is 15.3. The van der Waals surface area contributed by atoms with Crippen LogP contribution in [0.25, 0.3) is 0 Å². The molecule has 8 atom stereocenters. The van der Waals surface area contributed by atoms with Crippen molar-refractivity contribution in [1.29, 1.82) is 0 Å². The van der Waals surface area contributed by atoms with Crippen LogP contribution in [0.3, 0.4) is 0 Å². The minimum atomic E-state index is -2.12. The molecule has 0 aliphatic carbocycles. The van der Waals surface area contributed by atoms with E-state index in [1.54, 1.807) is 0 Å². The number of ether oxygens (including phenoxy) is 3. The molecule has 2 rings (SSSR count). The van der Waals surface area contributed by atoms with Crippen molar-refractivity contribution >= 4 is 0 Å². The maximum Gasteiger partial charge on any atom is 0.224 e. The molecule has 0 aromatic heterocycles. The van der Waals surface area contributed by atoms with Gasteiger partial charge in [-0.3, -0.25) is 0 Å². The lowest BCUT2D eigenvalue weighted by molar-refractivity contribution is -0.370. The molecular formula is C11H20O10. The lowest BCUT2D eigenvalue weighted by Gasteiger charge is -2.40. The molecule has 2 aliphatic heterocycles. The standard InChI is InChI=1S/C11H20O10/c12-1-5-7(16)9(18)11(3-13,20-5)21-10-8(17)6(15)4(14)2-19-10/h4-10,12-18H,1-3H2/t4-,5+,6+,7+,8-,9-,10+,11-/m0/s1. The van der Waals surface area contributed by atoms with Gasteiger partial charge in [0.05, 0.1) is 13.2 Å². The molecule has 21 heavy (non-hydrogen) atoms. The molecule has 2 fully saturated rings. The molecule has 0 aromatic carbocycles. The topological polar surface area (TPSA) is 169 Å². The van der Waals surface area contributed by atoms with Crippen molar-refractivity contribution in [2.75, 3.05) is 19.8 Å². The monoisotopic (exact) mass is 312 g/mol. The highest BCUT2D eigenvalue weighted by Gasteiger charge is 2.57. The molecule has 0 amide bonds. The molecular weight excluding hydrogens is 292 g/mol. The molecule has 124 valence electrons. The highest BCUT2D eigenvalue weighted by molar-refractivity contribution is 4.97. The second-order valence-corrected chi connectivity index (χ2v) is 5.11. The van der Waals surface area contributed by atoms with Gasteiger partial charge in [0.25, 0.3) is 0 Å². The predicted molar refractivity (Wildman–Crippen MR) is 62.6 cm³/mol. The maximum absolute atomic E-state index is 9.92. The van der Waals surface area contributed by atoms with Gasteiger partial charge in [-0.1, -0.05) is 0 Å². The van der Waals surface area contributed by atoms with E-state index in [4.69, 9.17) is 19.3 Å². The van der Waals surface area contributed by atoms with Gasteiger partial charge in [-0.25, -0.2) is 0 Å². The highest BCUT2D eigenvalue weighted by atomic mass is 16.8. The zero-order valence-electron chi connectivity index (χ0n) is 11.0. The number of aliphatic hydroxyl groups is 7. The van der Waals surface area contributed by atoms with Gasteiger partial charge in [0.15, 0.2) is 6.29 Å². The first kappa shape index (κ1) is 17.0. The Kier molecular flexibility index (Phi) is 5.15. The molecule has 0 radical (unpaired) electrons. The van der Waals surface area contributed by atoms with Crippen molar-refractivity contribution < 1.29 is 50.0 Å². The van der Waals surface area contributed by atoms with Gasteiger partial charge in [0, 0.05) is 0 Å². The Morgan fingerprint density at radius 1 is 1.00 bits per heavy atom. The summed E-state index contributed by atoms with van der Waals surface area (Å²) in [5, 5.41) is 66.7. The summed E-state index contributed by atoms with van der Waals surface area (Å²) in [6, 6.07) is 0. The summed E-state index contributed by atoms with van der Waals surface area (Å²) in [6.07, 6.45) is -10.4. The Balaban J connectivity index is 2.12. The van der Waals surface area contributed by atoms with E-state index in [0.29, 0.717) is 0 Å². The third-order valence-corrected chi connectivity index (χ3v) is 3.68. The Morgan fingerprint density at radius 2 is 1.67 bits per heavy atom. The van der Waals surface area contributed by atoms with Crippen molar-refractivity contribution in [2.45, 2.75) is 48.7 Å². The summed E-state index contributed by atoms with van der Waals surface area (Å²) in [4.78, 5) is 0. The summed E-state index contributed by atoms with van der Waals surface area (Å²) in [7, 11) is 0. The van der Waals surface area contributed by atoms with Gasteiger partial charge < -0.3 is 50.0 Å². The molecule has 10 heteroatoms. The number of hydrogen-bond donors (Lipinski definition) is 7. The van der Waals surface area contributed by atoms with E-state index in [1.807, 2.05) is 0 Å². The first-order chi connectivity index (χ1) is 9.86. The molecule has 0 saturated carbocycles. The largest absolute Gasteiger partial charge is 0.394 e. The molecule has 0 spiro atoms. The van der Waals surface area contributed by atoms with Crippen LogP contribution in [0, 0.1) is 0 Å². The predicted octanol–water partition coefficient (Wildman–Crippen LogP) is -4.76. The summed E-state index contributed by atoms with van der Waals surface area (Å²) in [5.74, 6) is -2.12. The number of rotatable bonds is 4. The minimum Gasteiger partial charge on any atom is -0.394 e. The normalized spacial score (nSPS) is 51.3. The van der Waals surface area contributed by atoms with Crippen molar-refractivity contribution in [2.24, 2.45) is 0 Å². The van der Waals surface area contributed by atoms with Crippen molar-refractivity contribution in [1.82, 2.24) is 0 Å². The molecule has 0 unspecified atom stereocenters. The van der Waals surface area contributed by atoms with Crippen molar-refractivity contribution in [3.8, 4) is 0 Å². The van der Waals surface area contributed by atoms with E-state index in [1.165, 1.54) is 0 Å². The lowest BCUT2D eigenvalue weighted by Crippen LogP contribution is -2.59. The van der Waals surface area contributed by atoms with Gasteiger partial charge >= 0.3 is 0 Å². The third kappa shape index (κ3) is 2.92. The van der Waals surface area contributed by atoms with Gasteiger partial charge in [-0.2, -0.15) is 0 Å². The van der Waals surface area contributed by atoms with E-state index in [-0.39, 0.29) is 6.61 Å². The molecule has 10 nitrogen and oxygen atoms in total. The lowest BCUT2D eigenvalue weighted by atomic mass is 10.0. The minimum absolute atomic E-state index is 0.341. The van der Waals surface area contributed by atoms with E-state index < -0.39 is 61.9 Å². The summed E-state index contributed by atoms with van der Waals surface area (Å²) in [5.41, 5.74) is 0.